The van der Waals surface area contributed by atoms with Crippen molar-refractivity contribution in [3.8, 4) is 17.1 Å². The standard InChI is InChI=1S/C13H11NO4/c1-8(15)18-13-7-17-12(6-11(13)16)9-3-2-4-10(14)5-9/h2-7H,14H2,1H3. The lowest BCUT2D eigenvalue weighted by Gasteiger charge is -2.03. The second kappa shape index (κ2) is 4.75. The van der Waals surface area contributed by atoms with Crippen LogP contribution in [-0.4, -0.2) is 5.97 Å². The molecule has 1 aromatic heterocycles. The lowest BCUT2D eigenvalue weighted by Crippen LogP contribution is -2.10. The lowest BCUT2D eigenvalue weighted by atomic mass is 10.1. The largest absolute Gasteiger partial charge is 0.460 e. The van der Waals surface area contributed by atoms with Crippen molar-refractivity contribution in [3.05, 3.63) is 46.8 Å². The Balaban J connectivity index is 2.40. The highest BCUT2D eigenvalue weighted by Crippen LogP contribution is 2.21. The number of rotatable bonds is 2. The summed E-state index contributed by atoms with van der Waals surface area (Å²) >= 11 is 0. The van der Waals surface area contributed by atoms with Gasteiger partial charge in [-0.05, 0) is 12.1 Å². The molecule has 92 valence electrons. The van der Waals surface area contributed by atoms with E-state index in [9.17, 15) is 9.59 Å². The van der Waals surface area contributed by atoms with E-state index in [-0.39, 0.29) is 5.75 Å². The maximum absolute atomic E-state index is 11.7. The number of hydrogen-bond acceptors (Lipinski definition) is 5. The van der Waals surface area contributed by atoms with Crippen LogP contribution in [-0.2, 0) is 4.79 Å². The van der Waals surface area contributed by atoms with E-state index in [1.54, 1.807) is 24.3 Å². The van der Waals surface area contributed by atoms with Gasteiger partial charge >= 0.3 is 5.97 Å². The van der Waals surface area contributed by atoms with Crippen molar-refractivity contribution in [2.75, 3.05) is 5.73 Å². The fourth-order valence-electron chi connectivity index (χ4n) is 1.47. The monoisotopic (exact) mass is 245 g/mol. The van der Waals surface area contributed by atoms with Crippen LogP contribution in [0, 0.1) is 0 Å². The summed E-state index contributed by atoms with van der Waals surface area (Å²) < 4.78 is 9.94. The van der Waals surface area contributed by atoms with Crippen LogP contribution in [0.2, 0.25) is 0 Å². The van der Waals surface area contributed by atoms with Crippen molar-refractivity contribution < 1.29 is 13.9 Å². The number of hydrogen-bond donors (Lipinski definition) is 1. The molecular formula is C13H11NO4. The molecule has 5 nitrogen and oxygen atoms in total. The van der Waals surface area contributed by atoms with Gasteiger partial charge in [-0.2, -0.15) is 0 Å². The number of carbonyl (C=O) groups excluding carboxylic acids is 1. The minimum absolute atomic E-state index is 0.129. The fraction of sp³-hybridized carbons (Fsp3) is 0.0769. The molecule has 0 unspecified atom stereocenters. The molecule has 18 heavy (non-hydrogen) atoms. The third-order valence-electron chi connectivity index (χ3n) is 2.22. The summed E-state index contributed by atoms with van der Waals surface area (Å²) in [5.74, 6) is -0.336. The summed E-state index contributed by atoms with van der Waals surface area (Å²) in [4.78, 5) is 22.4. The lowest BCUT2D eigenvalue weighted by molar-refractivity contribution is -0.132. The zero-order chi connectivity index (χ0) is 13.1. The summed E-state index contributed by atoms with van der Waals surface area (Å²) in [6.45, 7) is 1.21. The second-order valence-electron chi connectivity index (χ2n) is 3.69. The van der Waals surface area contributed by atoms with Crippen LogP contribution in [0.15, 0.2) is 45.8 Å². The molecule has 0 atom stereocenters. The first-order valence-corrected chi connectivity index (χ1v) is 5.23. The SMILES string of the molecule is CC(=O)Oc1coc(-c2cccc(N)c2)cc1=O. The van der Waals surface area contributed by atoms with Gasteiger partial charge in [0.25, 0.3) is 0 Å². The van der Waals surface area contributed by atoms with E-state index in [0.717, 1.165) is 6.26 Å². The first kappa shape index (κ1) is 11.9. The van der Waals surface area contributed by atoms with Crippen molar-refractivity contribution in [1.29, 1.82) is 0 Å². The molecule has 0 aliphatic rings. The van der Waals surface area contributed by atoms with E-state index in [2.05, 4.69) is 4.74 Å². The molecule has 0 radical (unpaired) electrons. The average Bonchev–Trinajstić information content (AvgIpc) is 2.31. The van der Waals surface area contributed by atoms with Gasteiger partial charge in [-0.1, -0.05) is 12.1 Å². The number of ether oxygens (including phenoxy) is 1. The summed E-state index contributed by atoms with van der Waals surface area (Å²) in [6, 6.07) is 8.19. The molecule has 0 bridgehead atoms. The van der Waals surface area contributed by atoms with Crippen LogP contribution >= 0.6 is 0 Å². The molecule has 2 aromatic rings. The number of carbonyl (C=O) groups is 1. The Kier molecular flexibility index (Phi) is 3.14. The van der Waals surface area contributed by atoms with E-state index in [4.69, 9.17) is 10.2 Å². The highest BCUT2D eigenvalue weighted by atomic mass is 16.5. The van der Waals surface area contributed by atoms with Crippen molar-refractivity contribution in [2.24, 2.45) is 0 Å². The Morgan fingerprint density at radius 3 is 2.72 bits per heavy atom. The average molecular weight is 245 g/mol. The molecule has 0 amide bonds. The summed E-state index contributed by atoms with van der Waals surface area (Å²) in [5.41, 5.74) is 6.47. The Hall–Kier alpha value is -2.56. The summed E-state index contributed by atoms with van der Waals surface area (Å²) in [6.07, 6.45) is 1.11. The van der Waals surface area contributed by atoms with Crippen LogP contribution in [0.25, 0.3) is 11.3 Å². The minimum atomic E-state index is -0.570. The topological polar surface area (TPSA) is 82.5 Å². The predicted octanol–water partition coefficient (Wildman–Crippen LogP) is 1.81. The van der Waals surface area contributed by atoms with Gasteiger partial charge in [0.2, 0.25) is 11.2 Å². The third-order valence-corrected chi connectivity index (χ3v) is 2.22. The normalized spacial score (nSPS) is 10.1. The van der Waals surface area contributed by atoms with E-state index in [1.807, 2.05) is 0 Å². The molecule has 1 heterocycles. The van der Waals surface area contributed by atoms with Crippen LogP contribution in [0.3, 0.4) is 0 Å². The Labute approximate surface area is 103 Å². The molecule has 0 spiro atoms. The van der Waals surface area contributed by atoms with Gasteiger partial charge in [-0.3, -0.25) is 9.59 Å². The molecule has 0 saturated heterocycles. The van der Waals surface area contributed by atoms with Crippen LogP contribution < -0.4 is 15.9 Å². The van der Waals surface area contributed by atoms with Gasteiger partial charge in [0.1, 0.15) is 12.0 Å². The van der Waals surface area contributed by atoms with Gasteiger partial charge < -0.3 is 14.9 Å². The first-order valence-electron chi connectivity index (χ1n) is 5.23. The van der Waals surface area contributed by atoms with Crippen LogP contribution in [0.5, 0.6) is 5.75 Å². The maximum Gasteiger partial charge on any atom is 0.308 e. The highest BCUT2D eigenvalue weighted by Gasteiger charge is 2.08. The van der Waals surface area contributed by atoms with Crippen molar-refractivity contribution in [2.45, 2.75) is 6.92 Å². The van der Waals surface area contributed by atoms with Crippen LogP contribution in [0.1, 0.15) is 6.92 Å². The van der Waals surface area contributed by atoms with Crippen molar-refractivity contribution >= 4 is 11.7 Å². The predicted molar refractivity (Wildman–Crippen MR) is 66.1 cm³/mol. The van der Waals surface area contributed by atoms with E-state index >= 15 is 0 Å². The molecule has 0 aliphatic carbocycles. The van der Waals surface area contributed by atoms with Gasteiger partial charge in [-0.25, -0.2) is 0 Å². The van der Waals surface area contributed by atoms with E-state index in [0.29, 0.717) is 17.0 Å². The Morgan fingerprint density at radius 1 is 1.33 bits per heavy atom. The Bertz CT molecular complexity index is 645. The number of benzene rings is 1. The molecule has 5 heteroatoms. The van der Waals surface area contributed by atoms with Gasteiger partial charge in [0.05, 0.1) is 0 Å². The van der Waals surface area contributed by atoms with E-state index in [1.165, 1.54) is 13.0 Å². The minimum Gasteiger partial charge on any atom is -0.460 e. The zero-order valence-electron chi connectivity index (χ0n) is 9.67. The number of nitrogen functional groups attached to an aromatic ring is 1. The van der Waals surface area contributed by atoms with Gasteiger partial charge in [-0.15, -0.1) is 0 Å². The van der Waals surface area contributed by atoms with Gasteiger partial charge in [0.15, 0.2) is 0 Å². The molecule has 0 aliphatic heterocycles. The molecule has 2 N–H and O–H groups in total. The van der Waals surface area contributed by atoms with E-state index < -0.39 is 11.4 Å². The number of nitrogens with two attached hydrogens (primary N) is 1. The molecule has 2 rings (SSSR count). The number of anilines is 1. The zero-order valence-corrected chi connectivity index (χ0v) is 9.67. The Morgan fingerprint density at radius 2 is 2.11 bits per heavy atom. The second-order valence-corrected chi connectivity index (χ2v) is 3.69. The maximum atomic E-state index is 11.7. The van der Waals surface area contributed by atoms with Crippen LogP contribution in [0.4, 0.5) is 5.69 Å². The van der Waals surface area contributed by atoms with Crippen molar-refractivity contribution in [1.82, 2.24) is 0 Å². The van der Waals surface area contributed by atoms with Crippen molar-refractivity contribution in [3.63, 3.8) is 0 Å². The van der Waals surface area contributed by atoms with Gasteiger partial charge in [0, 0.05) is 24.2 Å². The highest BCUT2D eigenvalue weighted by molar-refractivity contribution is 5.69. The first-order chi connectivity index (χ1) is 8.56. The molecule has 1 aromatic carbocycles. The molecular weight excluding hydrogens is 234 g/mol. The smallest absolute Gasteiger partial charge is 0.308 e. The number of esters is 1. The third kappa shape index (κ3) is 2.57. The summed E-state index contributed by atoms with van der Waals surface area (Å²) in [5, 5.41) is 0. The quantitative estimate of drug-likeness (QED) is 0.644. The molecule has 0 fully saturated rings. The molecule has 0 saturated carbocycles. The fourth-order valence-corrected chi connectivity index (χ4v) is 1.47. The summed E-state index contributed by atoms with van der Waals surface area (Å²) in [7, 11) is 0.